The number of hydrogen-bond acceptors (Lipinski definition) is 4. The highest BCUT2D eigenvalue weighted by Crippen LogP contribution is 2.39. The number of allylic oxidation sites excluding steroid dienone is 2. The van der Waals surface area contributed by atoms with Crippen LogP contribution in [0.3, 0.4) is 0 Å². The Labute approximate surface area is 145 Å². The largest absolute Gasteiger partial charge is 0.363 e. The second kappa shape index (κ2) is 6.35. The third-order valence-electron chi connectivity index (χ3n) is 5.66. The first-order chi connectivity index (χ1) is 11.4. The fourth-order valence-electron chi connectivity index (χ4n) is 3.80. The van der Waals surface area contributed by atoms with Gasteiger partial charge in [-0.05, 0) is 51.0 Å². The molecule has 0 aromatic carbocycles. The van der Waals surface area contributed by atoms with Crippen LogP contribution in [0.15, 0.2) is 42.9 Å². The highest BCUT2D eigenvalue weighted by Gasteiger charge is 2.34. The summed E-state index contributed by atoms with van der Waals surface area (Å²) in [6.45, 7) is 13.7. The average molecular weight is 320 g/mol. The Morgan fingerprint density at radius 1 is 1.46 bits per heavy atom. The molecule has 1 aromatic rings. The molecule has 0 aliphatic carbocycles. The lowest BCUT2D eigenvalue weighted by Gasteiger charge is -2.39. The number of pyridine rings is 1. The zero-order valence-electron chi connectivity index (χ0n) is 14.7. The van der Waals surface area contributed by atoms with Crippen molar-refractivity contribution >= 4 is 12.5 Å². The Morgan fingerprint density at radius 2 is 2.25 bits per heavy atom. The summed E-state index contributed by atoms with van der Waals surface area (Å²) >= 11 is 0. The summed E-state index contributed by atoms with van der Waals surface area (Å²) in [5.74, 6) is 3.41. The van der Waals surface area contributed by atoms with Crippen molar-refractivity contribution in [2.45, 2.75) is 50.8 Å². The summed E-state index contributed by atoms with van der Waals surface area (Å²) in [4.78, 5) is 7.04. The quantitative estimate of drug-likeness (QED) is 0.847. The van der Waals surface area contributed by atoms with E-state index in [1.165, 1.54) is 5.56 Å². The van der Waals surface area contributed by atoms with Gasteiger partial charge in [0.25, 0.3) is 6.71 Å². The van der Waals surface area contributed by atoms with E-state index in [4.69, 9.17) is 10.2 Å². The molecule has 2 aliphatic heterocycles. The summed E-state index contributed by atoms with van der Waals surface area (Å²) in [6, 6.07) is 4.64. The Kier molecular flexibility index (Phi) is 4.40. The fraction of sp³-hybridized carbons (Fsp3) is 0.474. The van der Waals surface area contributed by atoms with Crippen LogP contribution < -0.4 is 10.2 Å². The third kappa shape index (κ3) is 2.93. The van der Waals surface area contributed by atoms with Crippen molar-refractivity contribution in [3.63, 3.8) is 0 Å². The lowest BCUT2D eigenvalue weighted by molar-refractivity contribution is 0.441. The molecule has 4 nitrogen and oxygen atoms in total. The number of nitrogens with one attached hydrogen (secondary N) is 1. The van der Waals surface area contributed by atoms with Crippen LogP contribution in [0.25, 0.3) is 0 Å². The molecule has 5 heteroatoms. The van der Waals surface area contributed by atoms with Crippen molar-refractivity contribution in [2.75, 3.05) is 11.4 Å². The molecule has 3 heterocycles. The summed E-state index contributed by atoms with van der Waals surface area (Å²) in [6.07, 6.45) is 5.78. The highest BCUT2D eigenvalue weighted by atomic mass is 15.2. The molecule has 1 aromatic heterocycles. The first-order valence-electron chi connectivity index (χ1n) is 8.71. The molecule has 0 amide bonds. The number of nitrogens with zero attached hydrogens (tertiary/aromatic N) is 3. The number of aromatic nitrogens is 1. The van der Waals surface area contributed by atoms with Gasteiger partial charge in [0.1, 0.15) is 5.82 Å². The van der Waals surface area contributed by atoms with Gasteiger partial charge in [-0.25, -0.2) is 10.2 Å². The average Bonchev–Trinajstić information content (AvgIpc) is 2.58. The predicted octanol–water partition coefficient (Wildman–Crippen LogP) is 3.52. The second-order valence-electron chi connectivity index (χ2n) is 7.34. The first kappa shape index (κ1) is 16.6. The van der Waals surface area contributed by atoms with Crippen LogP contribution in [0, 0.1) is 11.2 Å². The molecule has 3 rings (SSSR count). The molecular formula is C19H25BN4. The van der Waals surface area contributed by atoms with Gasteiger partial charge in [0.2, 0.25) is 0 Å². The lowest BCUT2D eigenvalue weighted by Crippen LogP contribution is -2.43. The monoisotopic (exact) mass is 320 g/mol. The van der Waals surface area contributed by atoms with Gasteiger partial charge < -0.3 is 10.2 Å². The molecule has 2 unspecified atom stereocenters. The molecule has 124 valence electrons. The summed E-state index contributed by atoms with van der Waals surface area (Å²) in [5, 5.41) is 12.4. The maximum Gasteiger partial charge on any atom is 0.271 e. The number of anilines is 1. The van der Waals surface area contributed by atoms with Crippen LogP contribution in [-0.4, -0.2) is 24.3 Å². The van der Waals surface area contributed by atoms with Gasteiger partial charge in [0.15, 0.2) is 0 Å². The van der Waals surface area contributed by atoms with Crippen LogP contribution in [0.2, 0.25) is 12.6 Å². The molecule has 2 saturated heterocycles. The van der Waals surface area contributed by atoms with Crippen LogP contribution >= 0.6 is 0 Å². The smallest absolute Gasteiger partial charge is 0.271 e. The Morgan fingerprint density at radius 3 is 2.83 bits per heavy atom. The van der Waals surface area contributed by atoms with Crippen LogP contribution in [0.4, 0.5) is 5.82 Å². The molecule has 1 N–H and O–H groups in total. The molecule has 2 fully saturated rings. The highest BCUT2D eigenvalue weighted by molar-refractivity contribution is 6.67. The molecule has 0 saturated carbocycles. The molecule has 0 bridgehead atoms. The summed E-state index contributed by atoms with van der Waals surface area (Å²) in [5.41, 5.74) is 3.12. The number of piperidine rings is 1. The van der Waals surface area contributed by atoms with Crippen molar-refractivity contribution in [1.82, 2.24) is 10.3 Å². The van der Waals surface area contributed by atoms with E-state index in [-0.39, 0.29) is 12.1 Å². The molecule has 2 atom stereocenters. The molecule has 0 spiro atoms. The van der Waals surface area contributed by atoms with Gasteiger partial charge in [0.05, 0.1) is 0 Å². The maximum atomic E-state index is 9.11. The number of rotatable bonds is 2. The SMILES string of the molecule is C=C1CCC(C)(c2ccc(N3CCB(C#N)CC3C)nc2)C(=C)N1. The molecular weight excluding hydrogens is 295 g/mol. The summed E-state index contributed by atoms with van der Waals surface area (Å²) < 4.78 is 0. The Balaban J connectivity index is 1.78. The Bertz CT molecular complexity index is 690. The van der Waals surface area contributed by atoms with E-state index in [1.54, 1.807) is 0 Å². The van der Waals surface area contributed by atoms with Crippen molar-refractivity contribution in [3.05, 3.63) is 48.4 Å². The second-order valence-corrected chi connectivity index (χ2v) is 7.34. The fourth-order valence-corrected chi connectivity index (χ4v) is 3.80. The van der Waals surface area contributed by atoms with E-state index in [2.05, 4.69) is 55.3 Å². The van der Waals surface area contributed by atoms with Crippen molar-refractivity contribution in [3.8, 4) is 5.97 Å². The first-order valence-corrected chi connectivity index (χ1v) is 8.71. The van der Waals surface area contributed by atoms with Gasteiger partial charge in [-0.1, -0.05) is 19.2 Å². The van der Waals surface area contributed by atoms with Gasteiger partial charge in [-0.3, -0.25) is 0 Å². The standard InChI is InChI=1S/C19H25BN4/c1-14-7-8-19(4,16(3)23-14)17-5-6-18(22-12-17)24-10-9-20(13-21)11-15(24)2/h5-6,12,15,23H,1,3,7-11H2,2,4H3. The topological polar surface area (TPSA) is 52.0 Å². The number of hydrogen-bond donors (Lipinski definition) is 1. The minimum Gasteiger partial charge on any atom is -0.363 e. The van der Waals surface area contributed by atoms with Gasteiger partial charge >= 0.3 is 0 Å². The predicted molar refractivity (Wildman–Crippen MR) is 100 cm³/mol. The van der Waals surface area contributed by atoms with Crippen LogP contribution in [0.5, 0.6) is 0 Å². The van der Waals surface area contributed by atoms with E-state index >= 15 is 0 Å². The van der Waals surface area contributed by atoms with Crippen LogP contribution in [0.1, 0.15) is 32.3 Å². The molecule has 0 radical (unpaired) electrons. The Hall–Kier alpha value is -2.22. The van der Waals surface area contributed by atoms with E-state index in [9.17, 15) is 0 Å². The van der Waals surface area contributed by atoms with E-state index in [1.807, 2.05) is 6.20 Å². The third-order valence-corrected chi connectivity index (χ3v) is 5.66. The zero-order valence-corrected chi connectivity index (χ0v) is 14.7. The molecule has 24 heavy (non-hydrogen) atoms. The normalized spacial score (nSPS) is 27.6. The van der Waals surface area contributed by atoms with E-state index < -0.39 is 0 Å². The van der Waals surface area contributed by atoms with Crippen molar-refractivity contribution in [2.24, 2.45) is 0 Å². The maximum absolute atomic E-state index is 9.11. The molecule has 2 aliphatic rings. The van der Waals surface area contributed by atoms with Gasteiger partial charge in [0, 0.05) is 41.6 Å². The lowest BCUT2D eigenvalue weighted by atomic mass is 9.44. The van der Waals surface area contributed by atoms with Gasteiger partial charge in [-0.2, -0.15) is 0 Å². The number of nitriles is 1. The van der Waals surface area contributed by atoms with Crippen molar-refractivity contribution in [1.29, 1.82) is 5.26 Å². The summed E-state index contributed by atoms with van der Waals surface area (Å²) in [7, 11) is 0. The minimum absolute atomic E-state index is 0.105. The van der Waals surface area contributed by atoms with Crippen molar-refractivity contribution < 1.29 is 0 Å². The van der Waals surface area contributed by atoms with E-state index in [0.29, 0.717) is 6.04 Å². The van der Waals surface area contributed by atoms with Crippen LogP contribution in [-0.2, 0) is 5.41 Å². The minimum atomic E-state index is -0.105. The van der Waals surface area contributed by atoms with E-state index in [0.717, 1.165) is 49.2 Å². The van der Waals surface area contributed by atoms with Gasteiger partial charge in [-0.15, -0.1) is 0 Å². The zero-order chi connectivity index (χ0) is 17.3.